The van der Waals surface area contributed by atoms with Gasteiger partial charge in [0.25, 0.3) is 11.6 Å². The minimum absolute atomic E-state index is 0.0346. The Balaban J connectivity index is 1.89. The summed E-state index contributed by atoms with van der Waals surface area (Å²) in [5.41, 5.74) is 0.469. The molecule has 1 atom stereocenters. The SMILES string of the molecule is CC(C)[C@@H](NC(=O)c1ccc(Cl)cc1[N+](=O)[O-])c1ccc2c(c1)OCCO2. The fraction of sp³-hybridized carbons (Fsp3) is 0.316. The molecule has 7 nitrogen and oxygen atoms in total. The van der Waals surface area contributed by atoms with Crippen LogP contribution in [0.5, 0.6) is 11.5 Å². The van der Waals surface area contributed by atoms with E-state index in [4.69, 9.17) is 21.1 Å². The topological polar surface area (TPSA) is 90.7 Å². The van der Waals surface area contributed by atoms with E-state index >= 15 is 0 Å². The minimum Gasteiger partial charge on any atom is -0.486 e. The summed E-state index contributed by atoms with van der Waals surface area (Å²) in [6, 6.07) is 9.11. The normalized spacial score (nSPS) is 13.9. The molecule has 1 amide bonds. The second-order valence-electron chi connectivity index (χ2n) is 6.52. The zero-order valence-corrected chi connectivity index (χ0v) is 15.7. The Labute approximate surface area is 161 Å². The summed E-state index contributed by atoms with van der Waals surface area (Å²) in [5, 5.41) is 14.4. The highest BCUT2D eigenvalue weighted by atomic mass is 35.5. The van der Waals surface area contributed by atoms with Crippen molar-refractivity contribution < 1.29 is 19.2 Å². The van der Waals surface area contributed by atoms with Gasteiger partial charge in [0.05, 0.1) is 11.0 Å². The lowest BCUT2D eigenvalue weighted by atomic mass is 9.95. The predicted molar refractivity (Wildman–Crippen MR) is 101 cm³/mol. The maximum atomic E-state index is 12.7. The van der Waals surface area contributed by atoms with Crippen molar-refractivity contribution in [3.05, 3.63) is 62.7 Å². The van der Waals surface area contributed by atoms with Crippen molar-refractivity contribution >= 4 is 23.2 Å². The first-order chi connectivity index (χ1) is 12.9. The highest BCUT2D eigenvalue weighted by Crippen LogP contribution is 2.34. The molecule has 0 aromatic heterocycles. The molecule has 142 valence electrons. The maximum Gasteiger partial charge on any atom is 0.283 e. The average molecular weight is 391 g/mol. The molecule has 0 radical (unpaired) electrons. The maximum absolute atomic E-state index is 12.7. The number of halogens is 1. The molecule has 1 N–H and O–H groups in total. The van der Waals surface area contributed by atoms with Gasteiger partial charge < -0.3 is 14.8 Å². The summed E-state index contributed by atoms with van der Waals surface area (Å²) in [6.45, 7) is 4.87. The predicted octanol–water partition coefficient (Wildman–Crippen LogP) is 4.15. The number of ether oxygens (including phenoxy) is 2. The lowest BCUT2D eigenvalue weighted by Gasteiger charge is -2.25. The third kappa shape index (κ3) is 4.14. The molecule has 0 spiro atoms. The largest absolute Gasteiger partial charge is 0.486 e. The van der Waals surface area contributed by atoms with E-state index in [1.165, 1.54) is 18.2 Å². The van der Waals surface area contributed by atoms with Gasteiger partial charge in [-0.05, 0) is 35.7 Å². The fourth-order valence-corrected chi connectivity index (χ4v) is 3.12. The smallest absolute Gasteiger partial charge is 0.283 e. The quantitative estimate of drug-likeness (QED) is 0.611. The highest BCUT2D eigenvalue weighted by Gasteiger charge is 2.26. The van der Waals surface area contributed by atoms with Crippen LogP contribution in [0.4, 0.5) is 5.69 Å². The summed E-state index contributed by atoms with van der Waals surface area (Å²) >= 11 is 5.82. The van der Waals surface area contributed by atoms with Crippen LogP contribution in [-0.2, 0) is 0 Å². The monoisotopic (exact) mass is 390 g/mol. The molecular formula is C19H19ClN2O5. The summed E-state index contributed by atoms with van der Waals surface area (Å²) < 4.78 is 11.1. The molecule has 0 fully saturated rings. The number of nitrogens with zero attached hydrogens (tertiary/aromatic N) is 1. The van der Waals surface area contributed by atoms with Crippen LogP contribution in [0.15, 0.2) is 36.4 Å². The Kier molecular flexibility index (Phi) is 5.51. The molecule has 1 aliphatic heterocycles. The number of rotatable bonds is 5. The third-order valence-electron chi connectivity index (χ3n) is 4.28. The first-order valence-corrected chi connectivity index (χ1v) is 8.89. The summed E-state index contributed by atoms with van der Waals surface area (Å²) in [6.07, 6.45) is 0. The molecule has 0 unspecified atom stereocenters. The molecule has 1 aliphatic rings. The molecule has 3 rings (SSSR count). The lowest BCUT2D eigenvalue weighted by Crippen LogP contribution is -2.32. The van der Waals surface area contributed by atoms with Crippen LogP contribution >= 0.6 is 11.6 Å². The van der Waals surface area contributed by atoms with Crippen LogP contribution in [0.25, 0.3) is 0 Å². The van der Waals surface area contributed by atoms with Crippen molar-refractivity contribution in [3.63, 3.8) is 0 Å². The molecule has 2 aromatic rings. The van der Waals surface area contributed by atoms with Gasteiger partial charge in [0.15, 0.2) is 11.5 Å². The number of hydrogen-bond acceptors (Lipinski definition) is 5. The second-order valence-corrected chi connectivity index (χ2v) is 6.95. The standard InChI is InChI=1S/C19H19ClN2O5/c1-11(2)18(12-3-6-16-17(9-12)27-8-7-26-16)21-19(23)14-5-4-13(20)10-15(14)22(24)25/h3-6,9-11,18H,7-8H2,1-2H3,(H,21,23)/t18-/m1/s1. The lowest BCUT2D eigenvalue weighted by molar-refractivity contribution is -0.385. The zero-order valence-electron chi connectivity index (χ0n) is 14.9. The van der Waals surface area contributed by atoms with Crippen LogP contribution < -0.4 is 14.8 Å². The van der Waals surface area contributed by atoms with Gasteiger partial charge in [-0.15, -0.1) is 0 Å². The van der Waals surface area contributed by atoms with E-state index < -0.39 is 10.8 Å². The zero-order chi connectivity index (χ0) is 19.6. The molecule has 0 bridgehead atoms. The molecule has 8 heteroatoms. The molecule has 1 heterocycles. The number of nitro benzene ring substituents is 1. The number of carbonyl (C=O) groups is 1. The first-order valence-electron chi connectivity index (χ1n) is 8.51. The van der Waals surface area contributed by atoms with Gasteiger partial charge in [-0.25, -0.2) is 0 Å². The van der Waals surface area contributed by atoms with Gasteiger partial charge >= 0.3 is 0 Å². The fourth-order valence-electron chi connectivity index (χ4n) is 2.96. The number of hydrogen-bond donors (Lipinski definition) is 1. The second kappa shape index (κ2) is 7.84. The summed E-state index contributed by atoms with van der Waals surface area (Å²) in [5.74, 6) is 0.790. The van der Waals surface area contributed by atoms with Crippen LogP contribution in [-0.4, -0.2) is 24.0 Å². The number of nitrogens with one attached hydrogen (secondary N) is 1. The van der Waals surface area contributed by atoms with Gasteiger partial charge in [-0.3, -0.25) is 14.9 Å². The number of fused-ring (bicyclic) bond motifs is 1. The van der Waals surface area contributed by atoms with Crippen LogP contribution in [0, 0.1) is 16.0 Å². The van der Waals surface area contributed by atoms with Crippen molar-refractivity contribution in [2.24, 2.45) is 5.92 Å². The van der Waals surface area contributed by atoms with Crippen LogP contribution in [0.1, 0.15) is 35.8 Å². The van der Waals surface area contributed by atoms with E-state index in [0.717, 1.165) is 5.56 Å². The average Bonchev–Trinajstić information content (AvgIpc) is 2.65. The minimum atomic E-state index is -0.616. The van der Waals surface area contributed by atoms with E-state index in [9.17, 15) is 14.9 Å². The van der Waals surface area contributed by atoms with E-state index in [-0.39, 0.29) is 28.2 Å². The Hall–Kier alpha value is -2.80. The molecular weight excluding hydrogens is 372 g/mol. The molecule has 0 saturated carbocycles. The molecule has 0 saturated heterocycles. The van der Waals surface area contributed by atoms with Crippen molar-refractivity contribution in [2.75, 3.05) is 13.2 Å². The van der Waals surface area contributed by atoms with Crippen LogP contribution in [0.2, 0.25) is 5.02 Å². The van der Waals surface area contributed by atoms with Gasteiger partial charge in [0.1, 0.15) is 18.8 Å². The van der Waals surface area contributed by atoms with E-state index in [2.05, 4.69) is 5.32 Å². The molecule has 0 aliphatic carbocycles. The Morgan fingerprint density at radius 1 is 1.15 bits per heavy atom. The number of carbonyl (C=O) groups excluding carboxylic acids is 1. The molecule has 27 heavy (non-hydrogen) atoms. The first kappa shape index (κ1) is 19.0. The van der Waals surface area contributed by atoms with Crippen molar-refractivity contribution in [2.45, 2.75) is 19.9 Å². The van der Waals surface area contributed by atoms with Gasteiger partial charge in [0.2, 0.25) is 0 Å². The molecule has 2 aromatic carbocycles. The van der Waals surface area contributed by atoms with E-state index in [1.54, 1.807) is 6.07 Å². The van der Waals surface area contributed by atoms with Gasteiger partial charge in [-0.2, -0.15) is 0 Å². The number of benzene rings is 2. The highest BCUT2D eigenvalue weighted by molar-refractivity contribution is 6.31. The van der Waals surface area contributed by atoms with Crippen LogP contribution in [0.3, 0.4) is 0 Å². The Morgan fingerprint density at radius 2 is 1.85 bits per heavy atom. The Morgan fingerprint density at radius 3 is 2.52 bits per heavy atom. The van der Waals surface area contributed by atoms with Crippen molar-refractivity contribution in [1.82, 2.24) is 5.32 Å². The van der Waals surface area contributed by atoms with E-state index in [0.29, 0.717) is 24.7 Å². The third-order valence-corrected chi connectivity index (χ3v) is 4.51. The van der Waals surface area contributed by atoms with Crippen molar-refractivity contribution in [3.8, 4) is 11.5 Å². The Bertz CT molecular complexity index is 884. The van der Waals surface area contributed by atoms with E-state index in [1.807, 2.05) is 26.0 Å². The van der Waals surface area contributed by atoms with Crippen molar-refractivity contribution in [1.29, 1.82) is 0 Å². The van der Waals surface area contributed by atoms with Gasteiger partial charge in [0, 0.05) is 11.1 Å². The number of amides is 1. The summed E-state index contributed by atoms with van der Waals surface area (Å²) in [4.78, 5) is 23.4. The summed E-state index contributed by atoms with van der Waals surface area (Å²) in [7, 11) is 0. The van der Waals surface area contributed by atoms with Gasteiger partial charge in [-0.1, -0.05) is 31.5 Å². The number of nitro groups is 1.